The molecule has 6 nitrogen and oxygen atoms in total. The summed E-state index contributed by atoms with van der Waals surface area (Å²) >= 11 is 1.80. The third-order valence-electron chi connectivity index (χ3n) is 2.56. The molecular formula is C13H20N6S. The van der Waals surface area contributed by atoms with Gasteiger partial charge in [-0.15, -0.1) is 11.8 Å². The summed E-state index contributed by atoms with van der Waals surface area (Å²) in [6.45, 7) is 6.51. The highest BCUT2D eigenvalue weighted by atomic mass is 32.2. The highest BCUT2D eigenvalue weighted by Crippen LogP contribution is 2.27. The van der Waals surface area contributed by atoms with Crippen molar-refractivity contribution < 1.29 is 0 Å². The van der Waals surface area contributed by atoms with E-state index < -0.39 is 0 Å². The minimum Gasteiger partial charge on any atom is -0.308 e. The van der Waals surface area contributed by atoms with E-state index in [1.165, 1.54) is 0 Å². The van der Waals surface area contributed by atoms with E-state index in [1.807, 2.05) is 19.3 Å². The van der Waals surface area contributed by atoms with Gasteiger partial charge in [-0.05, 0) is 0 Å². The molecule has 2 heterocycles. The van der Waals surface area contributed by atoms with Gasteiger partial charge in [-0.25, -0.2) is 15.8 Å². The van der Waals surface area contributed by atoms with Crippen molar-refractivity contribution in [2.75, 3.05) is 5.43 Å². The standard InChI is InChI=1S/C13H20N6S/c1-13(2,3)20-8-12-16-10(5-11(17-12)18-14)9-6-15-19(4)7-9/h5-7H,8,14H2,1-4H3,(H,16,17,18). The first kappa shape index (κ1) is 14.8. The molecule has 0 unspecified atom stereocenters. The Labute approximate surface area is 123 Å². The lowest BCUT2D eigenvalue weighted by molar-refractivity contribution is 0.768. The van der Waals surface area contributed by atoms with Gasteiger partial charge in [0, 0.05) is 29.6 Å². The third kappa shape index (κ3) is 3.94. The summed E-state index contributed by atoms with van der Waals surface area (Å²) < 4.78 is 1.92. The highest BCUT2D eigenvalue weighted by Gasteiger charge is 2.13. The van der Waals surface area contributed by atoms with Gasteiger partial charge in [0.05, 0.1) is 17.6 Å². The topological polar surface area (TPSA) is 81.7 Å². The molecular weight excluding hydrogens is 272 g/mol. The average molecular weight is 292 g/mol. The molecule has 0 aliphatic heterocycles. The summed E-state index contributed by atoms with van der Waals surface area (Å²) in [5.41, 5.74) is 4.37. The fraction of sp³-hybridized carbons (Fsp3) is 0.462. The van der Waals surface area contributed by atoms with Crippen LogP contribution in [0.4, 0.5) is 5.82 Å². The van der Waals surface area contributed by atoms with E-state index in [-0.39, 0.29) is 4.75 Å². The molecule has 0 bridgehead atoms. The van der Waals surface area contributed by atoms with Gasteiger partial charge in [-0.1, -0.05) is 20.8 Å². The van der Waals surface area contributed by atoms with Crippen LogP contribution in [-0.2, 0) is 12.8 Å². The number of thioether (sulfide) groups is 1. The second-order valence-corrected chi connectivity index (χ2v) is 7.30. The number of nitrogens with zero attached hydrogens (tertiary/aromatic N) is 4. The molecule has 0 spiro atoms. The van der Waals surface area contributed by atoms with Gasteiger partial charge in [0.2, 0.25) is 0 Å². The van der Waals surface area contributed by atoms with Crippen LogP contribution < -0.4 is 11.3 Å². The van der Waals surface area contributed by atoms with Crippen molar-refractivity contribution in [3.63, 3.8) is 0 Å². The maximum atomic E-state index is 5.48. The molecule has 2 aromatic rings. The Morgan fingerprint density at radius 1 is 1.35 bits per heavy atom. The zero-order chi connectivity index (χ0) is 14.8. The van der Waals surface area contributed by atoms with E-state index >= 15 is 0 Å². The molecule has 0 fully saturated rings. The highest BCUT2D eigenvalue weighted by molar-refractivity contribution is 7.99. The van der Waals surface area contributed by atoms with Crippen molar-refractivity contribution in [3.05, 3.63) is 24.3 Å². The minimum atomic E-state index is 0.171. The lowest BCUT2D eigenvalue weighted by atomic mass is 10.2. The molecule has 2 rings (SSSR count). The zero-order valence-corrected chi connectivity index (χ0v) is 13.0. The number of hydrogen-bond acceptors (Lipinski definition) is 6. The van der Waals surface area contributed by atoms with E-state index in [2.05, 4.69) is 41.3 Å². The SMILES string of the molecule is Cn1cc(-c2cc(NN)nc(CSC(C)(C)C)n2)cn1. The van der Waals surface area contributed by atoms with Crippen molar-refractivity contribution in [2.45, 2.75) is 31.3 Å². The Morgan fingerprint density at radius 3 is 2.65 bits per heavy atom. The van der Waals surface area contributed by atoms with Crippen LogP contribution in [0.25, 0.3) is 11.3 Å². The first-order valence-electron chi connectivity index (χ1n) is 6.35. The van der Waals surface area contributed by atoms with E-state index in [9.17, 15) is 0 Å². The molecule has 2 aromatic heterocycles. The van der Waals surface area contributed by atoms with Gasteiger partial charge in [0.1, 0.15) is 11.6 Å². The maximum Gasteiger partial charge on any atom is 0.144 e. The number of hydrazine groups is 1. The molecule has 0 aliphatic rings. The Morgan fingerprint density at radius 2 is 2.10 bits per heavy atom. The van der Waals surface area contributed by atoms with Crippen LogP contribution in [0.2, 0.25) is 0 Å². The van der Waals surface area contributed by atoms with Crippen molar-refractivity contribution in [1.29, 1.82) is 0 Å². The van der Waals surface area contributed by atoms with Crippen molar-refractivity contribution in [2.24, 2.45) is 12.9 Å². The molecule has 3 N–H and O–H groups in total. The zero-order valence-electron chi connectivity index (χ0n) is 12.2. The number of aryl methyl sites for hydroxylation is 1. The Bertz CT molecular complexity index is 587. The summed E-state index contributed by atoms with van der Waals surface area (Å²) in [7, 11) is 1.88. The molecule has 0 atom stereocenters. The number of nitrogen functional groups attached to an aromatic ring is 1. The molecule has 0 saturated heterocycles. The quantitative estimate of drug-likeness (QED) is 0.664. The molecule has 0 radical (unpaired) electrons. The van der Waals surface area contributed by atoms with Gasteiger partial charge < -0.3 is 5.43 Å². The van der Waals surface area contributed by atoms with Crippen LogP contribution in [0, 0.1) is 0 Å². The van der Waals surface area contributed by atoms with Crippen LogP contribution in [-0.4, -0.2) is 24.5 Å². The smallest absolute Gasteiger partial charge is 0.144 e. The molecule has 0 aliphatic carbocycles. The normalized spacial score (nSPS) is 11.7. The van der Waals surface area contributed by atoms with Crippen LogP contribution in [0.1, 0.15) is 26.6 Å². The van der Waals surface area contributed by atoms with Crippen LogP contribution in [0.15, 0.2) is 18.5 Å². The van der Waals surface area contributed by atoms with E-state index in [4.69, 9.17) is 5.84 Å². The molecule has 108 valence electrons. The van der Waals surface area contributed by atoms with Gasteiger partial charge >= 0.3 is 0 Å². The lowest BCUT2D eigenvalue weighted by Gasteiger charge is -2.17. The molecule has 7 heteroatoms. The Hall–Kier alpha value is -1.60. The van der Waals surface area contributed by atoms with Gasteiger partial charge in [0.25, 0.3) is 0 Å². The van der Waals surface area contributed by atoms with Crippen LogP contribution >= 0.6 is 11.8 Å². The number of hydrogen-bond donors (Lipinski definition) is 2. The van der Waals surface area contributed by atoms with Gasteiger partial charge in [-0.3, -0.25) is 4.68 Å². The van der Waals surface area contributed by atoms with E-state index in [1.54, 1.807) is 22.6 Å². The lowest BCUT2D eigenvalue weighted by Crippen LogP contribution is -2.12. The molecule has 0 aromatic carbocycles. The minimum absolute atomic E-state index is 0.171. The number of nitrogens with two attached hydrogens (primary N) is 1. The number of anilines is 1. The number of rotatable bonds is 4. The van der Waals surface area contributed by atoms with Crippen LogP contribution in [0.5, 0.6) is 0 Å². The van der Waals surface area contributed by atoms with Gasteiger partial charge in [0.15, 0.2) is 0 Å². The first-order valence-corrected chi connectivity index (χ1v) is 7.33. The van der Waals surface area contributed by atoms with E-state index in [0.29, 0.717) is 5.82 Å². The van der Waals surface area contributed by atoms with Crippen molar-refractivity contribution >= 4 is 17.6 Å². The Kier molecular flexibility index (Phi) is 4.29. The fourth-order valence-electron chi connectivity index (χ4n) is 1.62. The fourth-order valence-corrected chi connectivity index (χ4v) is 2.31. The summed E-state index contributed by atoms with van der Waals surface area (Å²) in [4.78, 5) is 8.98. The number of nitrogens with one attached hydrogen (secondary N) is 1. The molecule has 0 saturated carbocycles. The average Bonchev–Trinajstić information content (AvgIpc) is 2.82. The predicted octanol–water partition coefficient (Wildman–Crippen LogP) is 2.19. The second kappa shape index (κ2) is 5.80. The predicted molar refractivity (Wildman–Crippen MR) is 83.1 cm³/mol. The summed E-state index contributed by atoms with van der Waals surface area (Å²) in [5, 5.41) is 4.16. The van der Waals surface area contributed by atoms with Crippen molar-refractivity contribution in [1.82, 2.24) is 19.7 Å². The summed E-state index contributed by atoms with van der Waals surface area (Å²) in [6.07, 6.45) is 3.70. The maximum absolute atomic E-state index is 5.48. The monoisotopic (exact) mass is 292 g/mol. The molecule has 0 amide bonds. The number of aromatic nitrogens is 4. The first-order chi connectivity index (χ1) is 9.37. The second-order valence-electron chi connectivity index (χ2n) is 5.50. The summed E-state index contributed by atoms with van der Waals surface area (Å²) in [6, 6.07) is 1.82. The van der Waals surface area contributed by atoms with Gasteiger partial charge in [-0.2, -0.15) is 5.10 Å². The molecule has 20 heavy (non-hydrogen) atoms. The van der Waals surface area contributed by atoms with Crippen LogP contribution in [0.3, 0.4) is 0 Å². The van der Waals surface area contributed by atoms with Crippen molar-refractivity contribution in [3.8, 4) is 11.3 Å². The van der Waals surface area contributed by atoms with E-state index in [0.717, 1.165) is 22.8 Å². The third-order valence-corrected chi connectivity index (χ3v) is 3.82. The largest absolute Gasteiger partial charge is 0.308 e. The summed E-state index contributed by atoms with van der Waals surface area (Å²) in [5.74, 6) is 7.60. The Balaban J connectivity index is 2.29.